The zero-order valence-corrected chi connectivity index (χ0v) is 16.7. The SMILES string of the molecule is Cc1ccc(-n2ncc3c2ncn2nc(-c4ccc(Cl)c(Cl)c4)nc32)cc1Cl. The molecule has 0 aliphatic carbocycles. The molecule has 0 fully saturated rings. The van der Waals surface area contributed by atoms with Crippen molar-refractivity contribution in [1.29, 1.82) is 0 Å². The number of aryl methyl sites for hydroxylation is 1. The van der Waals surface area contributed by atoms with Crippen LogP contribution in [0.4, 0.5) is 0 Å². The van der Waals surface area contributed by atoms with E-state index >= 15 is 0 Å². The van der Waals surface area contributed by atoms with Crippen LogP contribution >= 0.6 is 34.8 Å². The van der Waals surface area contributed by atoms with Crippen LogP contribution in [0.5, 0.6) is 0 Å². The predicted molar refractivity (Wildman–Crippen MR) is 111 cm³/mol. The summed E-state index contributed by atoms with van der Waals surface area (Å²) in [4.78, 5) is 9.16. The maximum Gasteiger partial charge on any atom is 0.182 e. The van der Waals surface area contributed by atoms with Crippen LogP contribution in [-0.2, 0) is 0 Å². The molecule has 9 heteroatoms. The van der Waals surface area contributed by atoms with E-state index in [-0.39, 0.29) is 0 Å². The number of aromatic nitrogens is 6. The monoisotopic (exact) mass is 428 g/mol. The molecule has 28 heavy (non-hydrogen) atoms. The van der Waals surface area contributed by atoms with Crippen LogP contribution in [0.2, 0.25) is 15.1 Å². The van der Waals surface area contributed by atoms with Gasteiger partial charge in [-0.2, -0.15) is 5.10 Å². The van der Waals surface area contributed by atoms with Crippen molar-refractivity contribution in [3.8, 4) is 17.1 Å². The molecule has 0 atom stereocenters. The topological polar surface area (TPSA) is 60.9 Å². The Morgan fingerprint density at radius 1 is 0.893 bits per heavy atom. The van der Waals surface area contributed by atoms with Gasteiger partial charge in [0.25, 0.3) is 0 Å². The molecular formula is C19H11Cl3N6. The molecule has 138 valence electrons. The molecule has 0 radical (unpaired) electrons. The summed E-state index contributed by atoms with van der Waals surface area (Å²) in [7, 11) is 0. The van der Waals surface area contributed by atoms with E-state index in [0.29, 0.717) is 32.2 Å². The molecule has 0 bridgehead atoms. The lowest BCUT2D eigenvalue weighted by molar-refractivity contribution is 0.882. The average Bonchev–Trinajstić information content (AvgIpc) is 3.30. The lowest BCUT2D eigenvalue weighted by Crippen LogP contribution is -1.99. The van der Waals surface area contributed by atoms with Gasteiger partial charge in [0, 0.05) is 10.6 Å². The van der Waals surface area contributed by atoms with Gasteiger partial charge in [-0.3, -0.25) is 0 Å². The van der Waals surface area contributed by atoms with E-state index in [9.17, 15) is 0 Å². The third kappa shape index (κ3) is 2.73. The van der Waals surface area contributed by atoms with Crippen molar-refractivity contribution in [3.63, 3.8) is 0 Å². The third-order valence-electron chi connectivity index (χ3n) is 4.48. The highest BCUT2D eigenvalue weighted by Gasteiger charge is 2.15. The van der Waals surface area contributed by atoms with Gasteiger partial charge in [-0.1, -0.05) is 40.9 Å². The van der Waals surface area contributed by atoms with Crippen LogP contribution in [0, 0.1) is 6.92 Å². The highest BCUT2D eigenvalue weighted by Crippen LogP contribution is 2.28. The zero-order chi connectivity index (χ0) is 19.4. The number of hydrogen-bond acceptors (Lipinski definition) is 4. The molecule has 6 nitrogen and oxygen atoms in total. The van der Waals surface area contributed by atoms with Crippen molar-refractivity contribution >= 4 is 51.5 Å². The second kappa shape index (κ2) is 6.44. The molecule has 0 aliphatic heterocycles. The Balaban J connectivity index is 1.68. The minimum absolute atomic E-state index is 0.449. The molecule has 2 aromatic carbocycles. The van der Waals surface area contributed by atoms with Crippen molar-refractivity contribution in [2.24, 2.45) is 0 Å². The van der Waals surface area contributed by atoms with Crippen LogP contribution in [0.1, 0.15) is 5.56 Å². The smallest absolute Gasteiger partial charge is 0.182 e. The molecule has 5 aromatic rings. The highest BCUT2D eigenvalue weighted by atomic mass is 35.5. The Hall–Kier alpha value is -2.67. The molecule has 5 rings (SSSR count). The van der Waals surface area contributed by atoms with Crippen molar-refractivity contribution in [1.82, 2.24) is 29.4 Å². The minimum Gasteiger partial charge on any atom is -0.216 e. The summed E-state index contributed by atoms with van der Waals surface area (Å²) in [6.07, 6.45) is 3.33. The first-order valence-corrected chi connectivity index (χ1v) is 9.46. The van der Waals surface area contributed by atoms with Crippen molar-refractivity contribution in [2.75, 3.05) is 0 Å². The third-order valence-corrected chi connectivity index (χ3v) is 5.63. The van der Waals surface area contributed by atoms with E-state index in [0.717, 1.165) is 22.2 Å². The molecule has 0 unspecified atom stereocenters. The van der Waals surface area contributed by atoms with Crippen molar-refractivity contribution < 1.29 is 0 Å². The molecule has 3 heterocycles. The Morgan fingerprint density at radius 2 is 1.75 bits per heavy atom. The van der Waals surface area contributed by atoms with Gasteiger partial charge in [-0.15, -0.1) is 5.10 Å². The Labute approximate surface area is 174 Å². The summed E-state index contributed by atoms with van der Waals surface area (Å²) < 4.78 is 3.35. The normalized spacial score (nSPS) is 11.6. The van der Waals surface area contributed by atoms with E-state index in [1.807, 2.05) is 31.2 Å². The van der Waals surface area contributed by atoms with Gasteiger partial charge >= 0.3 is 0 Å². The Morgan fingerprint density at radius 3 is 2.54 bits per heavy atom. The predicted octanol–water partition coefficient (Wildman–Crippen LogP) is 5.40. The standard InChI is InChI=1S/C19H11Cl3N6/c1-10-2-4-12(7-15(10)21)28-18-13(8-24-28)19-25-17(26-27(19)9-23-18)11-3-5-14(20)16(22)6-11/h2-9H,1H3. The average molecular weight is 430 g/mol. The first-order chi connectivity index (χ1) is 13.5. The van der Waals surface area contributed by atoms with Crippen molar-refractivity contribution in [2.45, 2.75) is 6.92 Å². The van der Waals surface area contributed by atoms with E-state index in [4.69, 9.17) is 34.8 Å². The van der Waals surface area contributed by atoms with Crippen LogP contribution in [-0.4, -0.2) is 29.4 Å². The number of rotatable bonds is 2. The Kier molecular flexibility index (Phi) is 4.01. The summed E-state index contributed by atoms with van der Waals surface area (Å²) in [6.45, 7) is 1.95. The van der Waals surface area contributed by atoms with Gasteiger partial charge in [-0.05, 0) is 42.8 Å². The fourth-order valence-corrected chi connectivity index (χ4v) is 3.45. The van der Waals surface area contributed by atoms with E-state index in [2.05, 4.69) is 20.2 Å². The fourth-order valence-electron chi connectivity index (χ4n) is 2.98. The second-order valence-corrected chi connectivity index (χ2v) is 7.53. The van der Waals surface area contributed by atoms with Gasteiger partial charge < -0.3 is 0 Å². The number of nitrogens with zero attached hydrogens (tertiary/aromatic N) is 6. The first-order valence-electron chi connectivity index (χ1n) is 8.32. The Bertz CT molecular complexity index is 1370. The molecule has 0 N–H and O–H groups in total. The summed E-state index contributed by atoms with van der Waals surface area (Å²) in [5.41, 5.74) is 3.91. The molecule has 3 aromatic heterocycles. The molecule has 0 saturated carbocycles. The maximum absolute atomic E-state index is 6.26. The zero-order valence-electron chi connectivity index (χ0n) is 14.4. The van der Waals surface area contributed by atoms with Gasteiger partial charge in [0.2, 0.25) is 0 Å². The van der Waals surface area contributed by atoms with Gasteiger partial charge in [0.1, 0.15) is 6.33 Å². The van der Waals surface area contributed by atoms with E-state index in [1.165, 1.54) is 0 Å². The number of fused-ring (bicyclic) bond motifs is 3. The van der Waals surface area contributed by atoms with Crippen LogP contribution in [0.15, 0.2) is 48.9 Å². The van der Waals surface area contributed by atoms with Crippen molar-refractivity contribution in [3.05, 3.63) is 69.6 Å². The molecule has 0 amide bonds. The minimum atomic E-state index is 0.449. The largest absolute Gasteiger partial charge is 0.216 e. The fraction of sp³-hybridized carbons (Fsp3) is 0.0526. The van der Waals surface area contributed by atoms with Gasteiger partial charge in [-0.25, -0.2) is 19.2 Å². The molecule has 0 spiro atoms. The summed E-state index contributed by atoms with van der Waals surface area (Å²) >= 11 is 18.4. The highest BCUT2D eigenvalue weighted by molar-refractivity contribution is 6.42. The molecule has 0 saturated heterocycles. The van der Waals surface area contributed by atoms with Crippen LogP contribution < -0.4 is 0 Å². The van der Waals surface area contributed by atoms with Crippen LogP contribution in [0.3, 0.4) is 0 Å². The van der Waals surface area contributed by atoms with E-state index in [1.54, 1.807) is 33.9 Å². The second-order valence-electron chi connectivity index (χ2n) is 6.30. The maximum atomic E-state index is 6.26. The van der Waals surface area contributed by atoms with Crippen LogP contribution in [0.25, 0.3) is 33.8 Å². The lowest BCUT2D eigenvalue weighted by atomic mass is 10.2. The first kappa shape index (κ1) is 17.4. The number of benzene rings is 2. The van der Waals surface area contributed by atoms with Gasteiger partial charge in [0.15, 0.2) is 17.1 Å². The van der Waals surface area contributed by atoms with E-state index < -0.39 is 0 Å². The summed E-state index contributed by atoms with van der Waals surface area (Å²) in [5.74, 6) is 0.527. The summed E-state index contributed by atoms with van der Waals surface area (Å²) in [6, 6.07) is 11.0. The number of hydrogen-bond donors (Lipinski definition) is 0. The lowest BCUT2D eigenvalue weighted by Gasteiger charge is -2.05. The quantitative estimate of drug-likeness (QED) is 0.377. The molecular weight excluding hydrogens is 419 g/mol. The summed E-state index contributed by atoms with van der Waals surface area (Å²) in [5, 5.41) is 11.3. The molecule has 0 aliphatic rings. The van der Waals surface area contributed by atoms with Gasteiger partial charge in [0.05, 0.1) is 27.3 Å². The number of halogens is 3.